The van der Waals surface area contributed by atoms with E-state index in [-0.39, 0.29) is 22.4 Å². The van der Waals surface area contributed by atoms with Crippen LogP contribution in [0.15, 0.2) is 16.6 Å². The summed E-state index contributed by atoms with van der Waals surface area (Å²) in [5.41, 5.74) is 1.10. The van der Waals surface area contributed by atoms with Crippen molar-refractivity contribution < 1.29 is 14.3 Å². The highest BCUT2D eigenvalue weighted by Crippen LogP contribution is 2.47. The second-order valence-corrected chi connectivity index (χ2v) is 9.80. The van der Waals surface area contributed by atoms with Crippen LogP contribution in [0.4, 0.5) is 0 Å². The average Bonchev–Trinajstić information content (AvgIpc) is 2.33. The van der Waals surface area contributed by atoms with E-state index < -0.39 is 0 Å². The summed E-state index contributed by atoms with van der Waals surface area (Å²) >= 11 is 3.52. The summed E-state index contributed by atoms with van der Waals surface area (Å²) in [6, 6.07) is 3.84. The zero-order valence-electron chi connectivity index (χ0n) is 15.2. The number of ether oxygens (including phenoxy) is 2. The topological polar surface area (TPSA) is 35.5 Å². The predicted octanol–water partition coefficient (Wildman–Crippen LogP) is 5.49. The Morgan fingerprint density at radius 2 is 1.87 bits per heavy atom. The molecular weight excluding hydrogens is 356 g/mol. The molecule has 0 unspecified atom stereocenters. The SMILES string of the molecule is CC(C)(C)COC(=O)c1cc(Br)cc2c1OC(C)(C)CC2(C)C. The summed E-state index contributed by atoms with van der Waals surface area (Å²) in [6.07, 6.45) is 0.889. The van der Waals surface area contributed by atoms with E-state index in [1.54, 1.807) is 6.07 Å². The second kappa shape index (κ2) is 5.80. The van der Waals surface area contributed by atoms with Gasteiger partial charge >= 0.3 is 5.97 Å². The quantitative estimate of drug-likeness (QED) is 0.634. The van der Waals surface area contributed by atoms with Crippen LogP contribution in [-0.2, 0) is 10.2 Å². The van der Waals surface area contributed by atoms with Crippen LogP contribution in [0.25, 0.3) is 0 Å². The molecule has 0 aromatic heterocycles. The fraction of sp³-hybridized carbons (Fsp3) is 0.632. The summed E-state index contributed by atoms with van der Waals surface area (Å²) in [5, 5.41) is 0. The first kappa shape index (κ1) is 18.3. The fourth-order valence-electron chi connectivity index (χ4n) is 3.19. The maximum atomic E-state index is 12.6. The normalized spacial score (nSPS) is 18.8. The summed E-state index contributed by atoms with van der Waals surface area (Å²) in [4.78, 5) is 12.6. The van der Waals surface area contributed by atoms with E-state index in [9.17, 15) is 4.79 Å². The lowest BCUT2D eigenvalue weighted by molar-refractivity contribution is 0.0316. The summed E-state index contributed by atoms with van der Waals surface area (Å²) in [7, 11) is 0. The Kier molecular flexibility index (Phi) is 4.62. The van der Waals surface area contributed by atoms with Crippen LogP contribution in [0.3, 0.4) is 0 Å². The molecule has 1 aliphatic heterocycles. The maximum absolute atomic E-state index is 12.6. The first-order valence-electron chi connectivity index (χ1n) is 8.01. The number of halogens is 1. The Bertz CT molecular complexity index is 624. The molecule has 0 bridgehead atoms. The van der Waals surface area contributed by atoms with Gasteiger partial charge in [-0.3, -0.25) is 0 Å². The molecule has 0 saturated carbocycles. The van der Waals surface area contributed by atoms with Gasteiger partial charge in [0.05, 0.1) is 6.61 Å². The number of rotatable bonds is 2. The molecule has 0 aliphatic carbocycles. The Morgan fingerprint density at radius 1 is 1.26 bits per heavy atom. The van der Waals surface area contributed by atoms with Crippen LogP contribution in [0, 0.1) is 5.41 Å². The number of fused-ring (bicyclic) bond motifs is 1. The number of carbonyl (C=O) groups excluding carboxylic acids is 1. The molecule has 0 fully saturated rings. The standard InChI is InChI=1S/C19H27BrO3/c1-17(2,3)11-22-16(21)13-8-12(20)9-14-15(13)23-19(6,7)10-18(14,4)5/h8-9H,10-11H2,1-7H3. The third-order valence-corrected chi connectivity index (χ3v) is 4.34. The zero-order valence-corrected chi connectivity index (χ0v) is 16.8. The highest BCUT2D eigenvalue weighted by atomic mass is 79.9. The lowest BCUT2D eigenvalue weighted by Crippen LogP contribution is -2.42. The molecule has 0 atom stereocenters. The number of hydrogen-bond donors (Lipinski definition) is 0. The molecule has 1 aromatic rings. The van der Waals surface area contributed by atoms with Crippen molar-refractivity contribution in [2.24, 2.45) is 5.41 Å². The lowest BCUT2D eigenvalue weighted by Gasteiger charge is -2.43. The van der Waals surface area contributed by atoms with Crippen molar-refractivity contribution in [1.29, 1.82) is 0 Å². The van der Waals surface area contributed by atoms with Crippen molar-refractivity contribution >= 4 is 21.9 Å². The molecule has 0 saturated heterocycles. The van der Waals surface area contributed by atoms with Crippen LogP contribution in [0.5, 0.6) is 5.75 Å². The Balaban J connectivity index is 2.46. The maximum Gasteiger partial charge on any atom is 0.341 e. The number of esters is 1. The molecule has 0 spiro atoms. The minimum absolute atomic E-state index is 0.0683. The highest BCUT2D eigenvalue weighted by Gasteiger charge is 2.41. The Morgan fingerprint density at radius 3 is 2.43 bits per heavy atom. The monoisotopic (exact) mass is 382 g/mol. The first-order valence-corrected chi connectivity index (χ1v) is 8.80. The smallest absolute Gasteiger partial charge is 0.341 e. The molecule has 2 rings (SSSR count). The minimum atomic E-state index is -0.328. The van der Waals surface area contributed by atoms with Gasteiger partial charge in [-0.15, -0.1) is 0 Å². The van der Waals surface area contributed by atoms with E-state index in [4.69, 9.17) is 9.47 Å². The van der Waals surface area contributed by atoms with Gasteiger partial charge in [-0.1, -0.05) is 50.5 Å². The molecule has 128 valence electrons. The molecule has 3 nitrogen and oxygen atoms in total. The predicted molar refractivity (Wildman–Crippen MR) is 96.2 cm³/mol. The zero-order chi connectivity index (χ0) is 17.6. The van der Waals surface area contributed by atoms with Gasteiger partial charge in [-0.25, -0.2) is 4.79 Å². The summed E-state index contributed by atoms with van der Waals surface area (Å²) < 4.78 is 12.6. The molecular formula is C19H27BrO3. The van der Waals surface area contributed by atoms with Crippen molar-refractivity contribution in [2.45, 2.75) is 65.9 Å². The van der Waals surface area contributed by atoms with E-state index in [1.807, 2.05) is 26.8 Å². The van der Waals surface area contributed by atoms with Gasteiger partial charge in [-0.05, 0) is 43.2 Å². The molecule has 4 heteroatoms. The third-order valence-electron chi connectivity index (χ3n) is 3.89. The molecule has 0 radical (unpaired) electrons. The molecule has 0 N–H and O–H groups in total. The summed E-state index contributed by atoms with van der Waals surface area (Å²) in [6.45, 7) is 15.0. The van der Waals surface area contributed by atoms with E-state index in [2.05, 4.69) is 43.6 Å². The molecule has 23 heavy (non-hydrogen) atoms. The largest absolute Gasteiger partial charge is 0.487 e. The van der Waals surface area contributed by atoms with E-state index in [0.717, 1.165) is 16.5 Å². The van der Waals surface area contributed by atoms with Gasteiger partial charge in [0.2, 0.25) is 0 Å². The Labute approximate surface area is 147 Å². The Hall–Kier alpha value is -1.03. The van der Waals surface area contributed by atoms with E-state index >= 15 is 0 Å². The van der Waals surface area contributed by atoms with Crippen LogP contribution in [0.2, 0.25) is 0 Å². The third kappa shape index (κ3) is 4.28. The highest BCUT2D eigenvalue weighted by molar-refractivity contribution is 9.10. The van der Waals surface area contributed by atoms with Crippen molar-refractivity contribution in [1.82, 2.24) is 0 Å². The van der Waals surface area contributed by atoms with Gasteiger partial charge in [0.15, 0.2) is 0 Å². The van der Waals surface area contributed by atoms with Gasteiger partial charge in [0.1, 0.15) is 16.9 Å². The van der Waals surface area contributed by atoms with Gasteiger partial charge in [0, 0.05) is 10.0 Å². The van der Waals surface area contributed by atoms with Crippen molar-refractivity contribution in [3.63, 3.8) is 0 Å². The van der Waals surface area contributed by atoms with E-state index in [0.29, 0.717) is 17.9 Å². The average molecular weight is 383 g/mol. The minimum Gasteiger partial charge on any atom is -0.487 e. The lowest BCUT2D eigenvalue weighted by atomic mass is 9.73. The molecule has 0 amide bonds. The van der Waals surface area contributed by atoms with Crippen LogP contribution in [0.1, 0.15) is 70.8 Å². The number of benzene rings is 1. The van der Waals surface area contributed by atoms with Crippen molar-refractivity contribution in [3.05, 3.63) is 27.7 Å². The van der Waals surface area contributed by atoms with Crippen LogP contribution >= 0.6 is 15.9 Å². The number of carbonyl (C=O) groups is 1. The van der Waals surface area contributed by atoms with Crippen molar-refractivity contribution in [3.8, 4) is 5.75 Å². The number of hydrogen-bond acceptors (Lipinski definition) is 3. The first-order chi connectivity index (χ1) is 10.3. The summed E-state index contributed by atoms with van der Waals surface area (Å²) in [5.74, 6) is 0.333. The fourth-order valence-corrected chi connectivity index (χ4v) is 3.65. The van der Waals surface area contributed by atoms with E-state index in [1.165, 1.54) is 0 Å². The molecule has 1 aromatic carbocycles. The molecule has 1 heterocycles. The van der Waals surface area contributed by atoms with Crippen LogP contribution in [-0.4, -0.2) is 18.2 Å². The van der Waals surface area contributed by atoms with Gasteiger partial charge in [0.25, 0.3) is 0 Å². The van der Waals surface area contributed by atoms with Gasteiger partial charge < -0.3 is 9.47 Å². The second-order valence-electron chi connectivity index (χ2n) is 8.89. The molecule has 1 aliphatic rings. The van der Waals surface area contributed by atoms with Crippen molar-refractivity contribution in [2.75, 3.05) is 6.61 Å². The van der Waals surface area contributed by atoms with Gasteiger partial charge in [-0.2, -0.15) is 0 Å². The van der Waals surface area contributed by atoms with Crippen LogP contribution < -0.4 is 4.74 Å².